The normalized spacial score (nSPS) is 13.5. The zero-order valence-electron chi connectivity index (χ0n) is 17.3. The van der Waals surface area contributed by atoms with E-state index in [1.165, 1.54) is 39.1 Å². The van der Waals surface area contributed by atoms with Crippen LogP contribution < -0.4 is 9.80 Å². The Morgan fingerprint density at radius 3 is 2.00 bits per heavy atom. The van der Waals surface area contributed by atoms with Crippen molar-refractivity contribution in [1.29, 1.82) is 0 Å². The summed E-state index contributed by atoms with van der Waals surface area (Å²) in [6.07, 6.45) is 4.27. The van der Waals surface area contributed by atoms with E-state index in [0.717, 1.165) is 18.2 Å². The Morgan fingerprint density at radius 2 is 1.32 bits per heavy atom. The second-order valence-corrected chi connectivity index (χ2v) is 7.77. The second-order valence-electron chi connectivity index (χ2n) is 7.77. The fourth-order valence-corrected chi connectivity index (χ4v) is 4.28. The van der Waals surface area contributed by atoms with Gasteiger partial charge in [0.2, 0.25) is 0 Å². The molecule has 0 spiro atoms. The van der Waals surface area contributed by atoms with Crippen LogP contribution in [0.15, 0.2) is 60.9 Å². The summed E-state index contributed by atoms with van der Waals surface area (Å²) in [7, 11) is 0. The summed E-state index contributed by atoms with van der Waals surface area (Å²) in [6.45, 7) is 11.6. The van der Waals surface area contributed by atoms with Crippen molar-refractivity contribution < 1.29 is 0 Å². The van der Waals surface area contributed by atoms with Crippen LogP contribution in [0.2, 0.25) is 0 Å². The molecule has 2 aromatic carbocycles. The van der Waals surface area contributed by atoms with Crippen molar-refractivity contribution in [1.82, 2.24) is 4.98 Å². The standard InChI is InChI=1S/C25H27N3/c1-17-14-20(4)25(21(5)15-17)28-13-12-27(16-28)23-11-7-10-22(26-23)24-18(2)8-6-9-19(24)3/h6-15H,16H2,1-5H3. The molecule has 0 saturated heterocycles. The summed E-state index contributed by atoms with van der Waals surface area (Å²) in [6, 6.07) is 17.2. The minimum Gasteiger partial charge on any atom is -0.327 e. The second kappa shape index (κ2) is 7.16. The summed E-state index contributed by atoms with van der Waals surface area (Å²) >= 11 is 0. The lowest BCUT2D eigenvalue weighted by molar-refractivity contribution is 0.945. The minimum absolute atomic E-state index is 0.772. The zero-order chi connectivity index (χ0) is 19.8. The van der Waals surface area contributed by atoms with Crippen molar-refractivity contribution >= 4 is 11.5 Å². The highest BCUT2D eigenvalue weighted by molar-refractivity contribution is 5.70. The molecule has 1 aliphatic heterocycles. The smallest absolute Gasteiger partial charge is 0.134 e. The average molecular weight is 370 g/mol. The van der Waals surface area contributed by atoms with Gasteiger partial charge >= 0.3 is 0 Å². The number of aromatic nitrogens is 1. The van der Waals surface area contributed by atoms with Crippen LogP contribution in [0.1, 0.15) is 27.8 Å². The molecule has 1 aromatic heterocycles. The van der Waals surface area contributed by atoms with E-state index in [-0.39, 0.29) is 0 Å². The van der Waals surface area contributed by atoms with E-state index in [1.54, 1.807) is 0 Å². The monoisotopic (exact) mass is 369 g/mol. The lowest BCUT2D eigenvalue weighted by Crippen LogP contribution is -2.26. The average Bonchev–Trinajstić information content (AvgIpc) is 3.11. The molecule has 0 unspecified atom stereocenters. The van der Waals surface area contributed by atoms with E-state index >= 15 is 0 Å². The lowest BCUT2D eigenvalue weighted by Gasteiger charge is -2.24. The van der Waals surface area contributed by atoms with Gasteiger partial charge in [-0.1, -0.05) is 42.0 Å². The number of rotatable bonds is 3. The van der Waals surface area contributed by atoms with E-state index in [4.69, 9.17) is 4.98 Å². The highest BCUT2D eigenvalue weighted by atomic mass is 15.4. The van der Waals surface area contributed by atoms with Crippen molar-refractivity contribution in [3.05, 3.63) is 88.7 Å². The van der Waals surface area contributed by atoms with Gasteiger partial charge in [0.15, 0.2) is 0 Å². The Bertz CT molecular complexity index is 1020. The topological polar surface area (TPSA) is 19.4 Å². The molecule has 3 nitrogen and oxygen atoms in total. The first kappa shape index (κ1) is 18.3. The highest BCUT2D eigenvalue weighted by Crippen LogP contribution is 2.31. The zero-order valence-corrected chi connectivity index (χ0v) is 17.3. The summed E-state index contributed by atoms with van der Waals surface area (Å²) in [5.74, 6) is 0.973. The Morgan fingerprint density at radius 1 is 0.714 bits per heavy atom. The van der Waals surface area contributed by atoms with Crippen LogP contribution in [0, 0.1) is 34.6 Å². The van der Waals surface area contributed by atoms with Gasteiger partial charge in [0.25, 0.3) is 0 Å². The fourth-order valence-electron chi connectivity index (χ4n) is 4.28. The quantitative estimate of drug-likeness (QED) is 0.560. The minimum atomic E-state index is 0.772. The van der Waals surface area contributed by atoms with Gasteiger partial charge in [-0.3, -0.25) is 0 Å². The third-order valence-corrected chi connectivity index (χ3v) is 5.42. The maximum Gasteiger partial charge on any atom is 0.134 e. The number of pyridine rings is 1. The molecule has 0 fully saturated rings. The molecule has 0 bridgehead atoms. The number of benzene rings is 2. The SMILES string of the molecule is Cc1cc(C)c(N2C=CN(c3cccc(-c4c(C)cccc4C)n3)C2)c(C)c1. The van der Waals surface area contributed by atoms with Gasteiger partial charge in [0, 0.05) is 23.7 Å². The van der Waals surface area contributed by atoms with E-state index in [9.17, 15) is 0 Å². The number of aryl methyl sites for hydroxylation is 5. The molecule has 3 heteroatoms. The summed E-state index contributed by atoms with van der Waals surface area (Å²) in [4.78, 5) is 9.49. The Kier molecular flexibility index (Phi) is 4.68. The Balaban J connectivity index is 1.64. The van der Waals surface area contributed by atoms with E-state index < -0.39 is 0 Å². The first-order chi connectivity index (χ1) is 13.4. The maximum atomic E-state index is 4.98. The van der Waals surface area contributed by atoms with Crippen LogP contribution in [-0.2, 0) is 0 Å². The third-order valence-electron chi connectivity index (χ3n) is 5.42. The summed E-state index contributed by atoms with van der Waals surface area (Å²) in [5.41, 5.74) is 9.99. The predicted octanol–water partition coefficient (Wildman–Crippen LogP) is 6.05. The van der Waals surface area contributed by atoms with Crippen molar-refractivity contribution in [3.8, 4) is 11.3 Å². The molecule has 1 aliphatic rings. The van der Waals surface area contributed by atoms with E-state index in [0.29, 0.717) is 0 Å². The van der Waals surface area contributed by atoms with Crippen LogP contribution in [0.4, 0.5) is 11.5 Å². The number of hydrogen-bond acceptors (Lipinski definition) is 3. The molecule has 3 aromatic rings. The molecule has 0 saturated carbocycles. The molecule has 0 atom stereocenters. The molecule has 142 valence electrons. The molecule has 0 amide bonds. The molecule has 2 heterocycles. The molecule has 0 aliphatic carbocycles. The van der Waals surface area contributed by atoms with Crippen molar-refractivity contribution in [2.45, 2.75) is 34.6 Å². The first-order valence-electron chi connectivity index (χ1n) is 9.77. The molecular formula is C25H27N3. The van der Waals surface area contributed by atoms with Gasteiger partial charge in [-0.2, -0.15) is 0 Å². The van der Waals surface area contributed by atoms with Crippen LogP contribution in [0.3, 0.4) is 0 Å². The fraction of sp³-hybridized carbons (Fsp3) is 0.240. The Hall–Kier alpha value is -3.07. The van der Waals surface area contributed by atoms with Crippen LogP contribution in [0.25, 0.3) is 11.3 Å². The predicted molar refractivity (Wildman–Crippen MR) is 119 cm³/mol. The molecule has 0 radical (unpaired) electrons. The van der Waals surface area contributed by atoms with Gasteiger partial charge < -0.3 is 9.80 Å². The van der Waals surface area contributed by atoms with Crippen LogP contribution in [-0.4, -0.2) is 11.7 Å². The van der Waals surface area contributed by atoms with Gasteiger partial charge in [-0.15, -0.1) is 0 Å². The van der Waals surface area contributed by atoms with Crippen LogP contribution >= 0.6 is 0 Å². The molecule has 28 heavy (non-hydrogen) atoms. The van der Waals surface area contributed by atoms with Crippen molar-refractivity contribution in [3.63, 3.8) is 0 Å². The van der Waals surface area contributed by atoms with Gasteiger partial charge in [0.05, 0.1) is 5.69 Å². The number of hydrogen-bond donors (Lipinski definition) is 0. The molecule has 4 rings (SSSR count). The van der Waals surface area contributed by atoms with Gasteiger partial charge in [-0.05, 0) is 69.0 Å². The lowest BCUT2D eigenvalue weighted by atomic mass is 10.00. The number of anilines is 2. The van der Waals surface area contributed by atoms with Crippen molar-refractivity contribution in [2.75, 3.05) is 16.5 Å². The number of nitrogens with zero attached hydrogens (tertiary/aromatic N) is 3. The van der Waals surface area contributed by atoms with E-state index in [2.05, 4.69) is 105 Å². The highest BCUT2D eigenvalue weighted by Gasteiger charge is 2.20. The molecular weight excluding hydrogens is 342 g/mol. The third kappa shape index (κ3) is 3.29. The van der Waals surface area contributed by atoms with Gasteiger partial charge in [-0.25, -0.2) is 4.98 Å². The Labute approximate surface area is 168 Å². The van der Waals surface area contributed by atoms with Crippen molar-refractivity contribution in [2.24, 2.45) is 0 Å². The van der Waals surface area contributed by atoms with Gasteiger partial charge in [0.1, 0.15) is 12.5 Å². The maximum absolute atomic E-state index is 4.98. The molecule has 0 N–H and O–H groups in total. The summed E-state index contributed by atoms with van der Waals surface area (Å²) < 4.78 is 0. The van der Waals surface area contributed by atoms with E-state index in [1.807, 2.05) is 0 Å². The first-order valence-corrected chi connectivity index (χ1v) is 9.77. The van der Waals surface area contributed by atoms with Crippen LogP contribution in [0.5, 0.6) is 0 Å². The summed E-state index contributed by atoms with van der Waals surface area (Å²) in [5, 5.41) is 0. The largest absolute Gasteiger partial charge is 0.327 e.